The number of rotatable bonds is 4. The van der Waals surface area contributed by atoms with Gasteiger partial charge in [0.25, 0.3) is 0 Å². The Morgan fingerprint density at radius 3 is 2.71 bits per heavy atom. The van der Waals surface area contributed by atoms with Gasteiger partial charge >= 0.3 is 185 Å². The van der Waals surface area contributed by atoms with Crippen LogP contribution in [-0.2, 0) is 0 Å². The minimum absolute atomic E-state index is 0.472. The van der Waals surface area contributed by atoms with Gasteiger partial charge in [-0.25, -0.2) is 0 Å². The SMILES string of the molecule is C=C1CCCCCCC2(CCC([I-]CCCC)[I-]C2)C[I-]CCC1. The van der Waals surface area contributed by atoms with E-state index in [9.17, 15) is 0 Å². The molecule has 0 nitrogen and oxygen atoms in total. The zero-order valence-corrected chi connectivity index (χ0v) is 22.2. The Labute approximate surface area is 182 Å². The average molecular weight is 671 g/mol. The first-order valence-electron chi connectivity index (χ1n) is 10.1. The van der Waals surface area contributed by atoms with Gasteiger partial charge in [-0.1, -0.05) is 0 Å². The van der Waals surface area contributed by atoms with Crippen molar-refractivity contribution in [2.45, 2.75) is 85.9 Å². The van der Waals surface area contributed by atoms with E-state index in [0.29, 0.717) is 63.6 Å². The maximum absolute atomic E-state index is 4.31. The third-order valence-corrected chi connectivity index (χ3v) is 20.1. The molecule has 2 saturated heterocycles. The van der Waals surface area contributed by atoms with Crippen LogP contribution < -0.4 is 63.6 Å². The monoisotopic (exact) mass is 671 g/mol. The fourth-order valence-corrected chi connectivity index (χ4v) is 18.5. The van der Waals surface area contributed by atoms with Gasteiger partial charge in [0, 0.05) is 0 Å². The van der Waals surface area contributed by atoms with Crippen LogP contribution in [0.15, 0.2) is 12.2 Å². The normalized spacial score (nSPS) is 32.0. The molecule has 0 N–H and O–H groups in total. The predicted octanol–water partition coefficient (Wildman–Crippen LogP) is -3.15. The summed E-state index contributed by atoms with van der Waals surface area (Å²) in [6, 6.07) is 0. The molecule has 0 aromatic carbocycles. The van der Waals surface area contributed by atoms with Gasteiger partial charge in [0.05, 0.1) is 0 Å². The van der Waals surface area contributed by atoms with Crippen molar-refractivity contribution >= 4 is 0 Å². The van der Waals surface area contributed by atoms with Gasteiger partial charge in [0.1, 0.15) is 0 Å². The fraction of sp³-hybridized carbons (Fsp3) is 0.905. The Bertz CT molecular complexity index is 345. The molecule has 2 unspecified atom stereocenters. The van der Waals surface area contributed by atoms with Crippen molar-refractivity contribution in [3.63, 3.8) is 0 Å². The van der Waals surface area contributed by atoms with Crippen LogP contribution in [0.3, 0.4) is 0 Å². The summed E-state index contributed by atoms with van der Waals surface area (Å²) in [5.41, 5.74) is 2.41. The Hall–Kier alpha value is 1.93. The molecule has 2 aliphatic heterocycles. The van der Waals surface area contributed by atoms with Crippen LogP contribution in [0.2, 0.25) is 0 Å². The molecule has 0 bridgehead atoms. The van der Waals surface area contributed by atoms with Crippen molar-refractivity contribution < 1.29 is 63.6 Å². The van der Waals surface area contributed by atoms with Gasteiger partial charge in [-0.05, 0) is 0 Å². The van der Waals surface area contributed by atoms with E-state index in [1.165, 1.54) is 59.7 Å². The van der Waals surface area contributed by atoms with Crippen LogP contribution in [0.25, 0.3) is 0 Å². The Kier molecular flexibility index (Phi) is 12.2. The molecule has 2 aliphatic rings. The van der Waals surface area contributed by atoms with Gasteiger partial charge in [0.2, 0.25) is 0 Å². The molecule has 24 heavy (non-hydrogen) atoms. The van der Waals surface area contributed by atoms with Crippen molar-refractivity contribution in [3.05, 3.63) is 12.2 Å². The topological polar surface area (TPSA) is 0 Å². The first-order chi connectivity index (χ1) is 11.7. The van der Waals surface area contributed by atoms with E-state index >= 15 is 0 Å². The molecule has 2 atom stereocenters. The van der Waals surface area contributed by atoms with Crippen molar-refractivity contribution in [1.29, 1.82) is 0 Å². The molecule has 146 valence electrons. The molecule has 3 heteroatoms. The molecular weight excluding hydrogens is 633 g/mol. The number of allylic oxidation sites excluding steroid dienone is 1. The van der Waals surface area contributed by atoms with Gasteiger partial charge in [-0.3, -0.25) is 0 Å². The van der Waals surface area contributed by atoms with Crippen molar-refractivity contribution in [2.24, 2.45) is 5.41 Å². The van der Waals surface area contributed by atoms with Crippen LogP contribution in [0, 0.1) is 5.41 Å². The van der Waals surface area contributed by atoms with E-state index in [1.54, 1.807) is 42.5 Å². The second-order valence-corrected chi connectivity index (χ2v) is 19.6. The van der Waals surface area contributed by atoms with Crippen molar-refractivity contribution in [1.82, 2.24) is 0 Å². The van der Waals surface area contributed by atoms with Gasteiger partial charge in [-0.15, -0.1) is 0 Å². The second kappa shape index (κ2) is 13.2. The first-order valence-corrected chi connectivity index (χ1v) is 18.7. The Balaban J connectivity index is 1.79. The van der Waals surface area contributed by atoms with Crippen LogP contribution in [-0.4, -0.2) is 19.6 Å². The third kappa shape index (κ3) is 8.75. The summed E-state index contributed by atoms with van der Waals surface area (Å²) < 4.78 is 7.90. The van der Waals surface area contributed by atoms with E-state index in [2.05, 4.69) is 13.5 Å². The summed E-state index contributed by atoms with van der Waals surface area (Å²) >= 11 is 1.59. The third-order valence-electron chi connectivity index (χ3n) is 5.35. The molecule has 2 fully saturated rings. The second-order valence-electron chi connectivity index (χ2n) is 7.69. The molecule has 1 spiro atoms. The Morgan fingerprint density at radius 1 is 1.08 bits per heavy atom. The summed E-state index contributed by atoms with van der Waals surface area (Å²) in [4.78, 5) is 0. The molecule has 2 heterocycles. The van der Waals surface area contributed by atoms with Crippen LogP contribution in [0.1, 0.15) is 84.0 Å². The summed E-state index contributed by atoms with van der Waals surface area (Å²) in [5.74, 6) is 0. The van der Waals surface area contributed by atoms with Crippen molar-refractivity contribution in [2.75, 3.05) is 17.7 Å². The Morgan fingerprint density at radius 2 is 1.92 bits per heavy atom. The molecule has 0 radical (unpaired) electrons. The predicted molar refractivity (Wildman–Crippen MR) is 95.9 cm³/mol. The standard InChI is InChI=1S/C21H38I3/c1-3-4-16-23-20-12-14-21(18-24-20)13-8-6-5-7-10-19(2)11-9-15-22-17-21/h20H,2-18H2,1H3/q-3. The van der Waals surface area contributed by atoms with Gasteiger partial charge in [0.15, 0.2) is 0 Å². The van der Waals surface area contributed by atoms with Crippen LogP contribution in [0.5, 0.6) is 0 Å². The molecule has 0 amide bonds. The van der Waals surface area contributed by atoms with Gasteiger partial charge in [-0.2, -0.15) is 0 Å². The van der Waals surface area contributed by atoms with E-state index in [1.807, 2.05) is 0 Å². The quantitative estimate of drug-likeness (QED) is 0.129. The molecule has 0 aliphatic carbocycles. The molecule has 0 aromatic heterocycles. The summed E-state index contributed by atoms with van der Waals surface area (Å²) in [5, 5.41) is 0. The zero-order valence-electron chi connectivity index (χ0n) is 15.7. The number of hydrogen-bond acceptors (Lipinski definition) is 0. The van der Waals surface area contributed by atoms with E-state index in [0.717, 1.165) is 5.41 Å². The van der Waals surface area contributed by atoms with Crippen molar-refractivity contribution in [3.8, 4) is 0 Å². The van der Waals surface area contributed by atoms with E-state index < -0.39 is 0 Å². The summed E-state index contributed by atoms with van der Waals surface area (Å²) in [6.45, 7) is 6.67. The summed E-state index contributed by atoms with van der Waals surface area (Å²) in [6.07, 6.45) is 17.9. The number of halogens is 3. The molecule has 0 aromatic rings. The van der Waals surface area contributed by atoms with Gasteiger partial charge < -0.3 is 0 Å². The first kappa shape index (κ1) is 22.2. The minimum atomic E-state index is 0.472. The molecular formula is C21H38I3-3. The van der Waals surface area contributed by atoms with E-state index in [4.69, 9.17) is 0 Å². The van der Waals surface area contributed by atoms with E-state index in [-0.39, 0.29) is 0 Å². The maximum atomic E-state index is 4.31. The number of unbranched alkanes of at least 4 members (excludes halogenated alkanes) is 1. The number of alkyl halides is 6. The van der Waals surface area contributed by atoms with Crippen LogP contribution >= 0.6 is 0 Å². The molecule has 0 saturated carbocycles. The average Bonchev–Trinajstić information content (AvgIpc) is 2.60. The zero-order chi connectivity index (χ0) is 17.1. The van der Waals surface area contributed by atoms with Crippen LogP contribution in [0.4, 0.5) is 0 Å². The molecule has 2 rings (SSSR count). The summed E-state index contributed by atoms with van der Waals surface area (Å²) in [7, 11) is 0. The fourth-order valence-electron chi connectivity index (χ4n) is 3.65. The number of hydrogen-bond donors (Lipinski definition) is 0.